The van der Waals surface area contributed by atoms with Crippen LogP contribution in [0.4, 0.5) is 4.79 Å². The van der Waals surface area contributed by atoms with Crippen molar-refractivity contribution in [2.24, 2.45) is 0 Å². The highest BCUT2D eigenvalue weighted by atomic mass is 16.6. The van der Waals surface area contributed by atoms with Gasteiger partial charge in [-0.15, -0.1) is 0 Å². The van der Waals surface area contributed by atoms with Crippen LogP contribution in [0.2, 0.25) is 0 Å². The largest absolute Gasteiger partial charge is 0.444 e. The molecule has 1 aliphatic rings. The number of nitrogens with zero attached hydrogens (tertiary/aromatic N) is 1. The first-order valence-electron chi connectivity index (χ1n) is 8.78. The Balaban J connectivity index is 1.87. The van der Waals surface area contributed by atoms with Crippen molar-refractivity contribution in [3.63, 3.8) is 0 Å². The smallest absolute Gasteiger partial charge is 0.410 e. The lowest BCUT2D eigenvalue weighted by Gasteiger charge is -2.37. The predicted molar refractivity (Wildman–Crippen MR) is 94.7 cm³/mol. The fraction of sp³-hybridized carbons (Fsp3) is 0.632. The third-order valence-corrected chi connectivity index (χ3v) is 4.14. The number of likely N-dealkylation sites (tertiary alicyclic amines) is 1. The molecule has 0 spiro atoms. The van der Waals surface area contributed by atoms with E-state index < -0.39 is 5.60 Å². The normalized spacial score (nSPS) is 18.5. The molecule has 1 heterocycles. The molecule has 1 amide bonds. The molecule has 0 bridgehead atoms. The van der Waals surface area contributed by atoms with E-state index >= 15 is 0 Å². The molecule has 0 saturated carbocycles. The number of ether oxygens (including phenoxy) is 1. The molecule has 1 saturated heterocycles. The van der Waals surface area contributed by atoms with E-state index in [1.807, 2.05) is 49.9 Å². The number of aliphatic hydroxyl groups is 1. The van der Waals surface area contributed by atoms with Crippen LogP contribution in [-0.4, -0.2) is 40.8 Å². The second-order valence-electron chi connectivity index (χ2n) is 7.43. The van der Waals surface area contributed by atoms with Crippen LogP contribution < -0.4 is 5.32 Å². The zero-order chi connectivity index (χ0) is 17.6. The molecule has 5 nitrogen and oxygen atoms in total. The summed E-state index contributed by atoms with van der Waals surface area (Å²) in [5.41, 5.74) is 1.60. The number of carbonyl (C=O) groups is 1. The molecule has 24 heavy (non-hydrogen) atoms. The molecular weight excluding hydrogens is 304 g/mol. The molecule has 5 heteroatoms. The van der Waals surface area contributed by atoms with Crippen molar-refractivity contribution in [2.45, 2.75) is 64.8 Å². The quantitative estimate of drug-likeness (QED) is 0.869. The predicted octanol–water partition coefficient (Wildman–Crippen LogP) is 3.06. The van der Waals surface area contributed by atoms with Gasteiger partial charge in [0.25, 0.3) is 0 Å². The summed E-state index contributed by atoms with van der Waals surface area (Å²) in [4.78, 5) is 14.3. The van der Waals surface area contributed by atoms with E-state index in [4.69, 9.17) is 4.74 Å². The van der Waals surface area contributed by atoms with Crippen LogP contribution in [0.5, 0.6) is 0 Å². The van der Waals surface area contributed by atoms with Gasteiger partial charge in [-0.05, 0) is 51.2 Å². The average Bonchev–Trinajstić information content (AvgIpc) is 2.54. The summed E-state index contributed by atoms with van der Waals surface area (Å²) in [6.45, 7) is 8.00. The van der Waals surface area contributed by atoms with Gasteiger partial charge in [-0.2, -0.15) is 0 Å². The van der Waals surface area contributed by atoms with Gasteiger partial charge < -0.3 is 20.1 Å². The van der Waals surface area contributed by atoms with Crippen LogP contribution >= 0.6 is 0 Å². The van der Waals surface area contributed by atoms with Crippen molar-refractivity contribution in [1.29, 1.82) is 0 Å². The summed E-state index contributed by atoms with van der Waals surface area (Å²) >= 11 is 0. The Kier molecular flexibility index (Phi) is 6.63. The van der Waals surface area contributed by atoms with E-state index in [1.54, 1.807) is 0 Å². The number of carbonyl (C=O) groups excluding carboxylic acids is 1. The molecule has 1 aromatic carbocycles. The van der Waals surface area contributed by atoms with Crippen molar-refractivity contribution in [2.75, 3.05) is 13.1 Å². The maximum absolute atomic E-state index is 12.4. The lowest BCUT2D eigenvalue weighted by Crippen LogP contribution is -2.50. The molecule has 134 valence electrons. The molecule has 0 aliphatic carbocycles. The minimum Gasteiger partial charge on any atom is -0.444 e. The second-order valence-corrected chi connectivity index (χ2v) is 7.43. The van der Waals surface area contributed by atoms with E-state index in [0.29, 0.717) is 0 Å². The Bertz CT molecular complexity index is 540. The van der Waals surface area contributed by atoms with Crippen LogP contribution in [-0.2, 0) is 17.9 Å². The highest BCUT2D eigenvalue weighted by Crippen LogP contribution is 2.20. The van der Waals surface area contributed by atoms with E-state index in [9.17, 15) is 9.90 Å². The van der Waals surface area contributed by atoms with Gasteiger partial charge in [0.05, 0.1) is 6.61 Å². The third kappa shape index (κ3) is 5.80. The monoisotopic (exact) mass is 334 g/mol. The number of aliphatic hydroxyl groups excluding tert-OH is 1. The summed E-state index contributed by atoms with van der Waals surface area (Å²) in [6.07, 6.45) is 2.97. The first-order valence-corrected chi connectivity index (χ1v) is 8.78. The van der Waals surface area contributed by atoms with Crippen molar-refractivity contribution in [1.82, 2.24) is 10.2 Å². The van der Waals surface area contributed by atoms with Gasteiger partial charge in [0.2, 0.25) is 0 Å². The first-order chi connectivity index (χ1) is 11.4. The zero-order valence-corrected chi connectivity index (χ0v) is 15.0. The number of hydrogen-bond donors (Lipinski definition) is 2. The molecule has 1 fully saturated rings. The number of benzene rings is 1. The zero-order valence-electron chi connectivity index (χ0n) is 15.0. The standard InChI is InChI=1S/C19H30N2O3/c1-19(2,3)24-18(23)21-10-5-4-9-17(21)13-20-12-15-7-6-8-16(11-15)14-22/h6-8,11,17,20,22H,4-5,9-10,12-14H2,1-3H3. The average molecular weight is 334 g/mol. The van der Waals surface area contributed by atoms with Crippen molar-refractivity contribution in [3.8, 4) is 0 Å². The van der Waals surface area contributed by atoms with Crippen LogP contribution in [0.3, 0.4) is 0 Å². The summed E-state index contributed by atoms with van der Waals surface area (Å²) in [5.74, 6) is 0. The Morgan fingerprint density at radius 1 is 1.33 bits per heavy atom. The topological polar surface area (TPSA) is 61.8 Å². The Labute approximate surface area is 145 Å². The van der Waals surface area contributed by atoms with Crippen molar-refractivity contribution < 1.29 is 14.6 Å². The van der Waals surface area contributed by atoms with Gasteiger partial charge in [-0.25, -0.2) is 4.79 Å². The minimum atomic E-state index is -0.461. The second kappa shape index (κ2) is 8.49. The summed E-state index contributed by atoms with van der Waals surface area (Å²) in [6, 6.07) is 8.08. The van der Waals surface area contributed by atoms with Gasteiger partial charge in [-0.1, -0.05) is 24.3 Å². The fourth-order valence-corrected chi connectivity index (χ4v) is 2.99. The van der Waals surface area contributed by atoms with E-state index in [1.165, 1.54) is 0 Å². The fourth-order valence-electron chi connectivity index (χ4n) is 2.99. The van der Waals surface area contributed by atoms with E-state index in [0.717, 1.165) is 50.0 Å². The molecule has 0 radical (unpaired) electrons. The number of nitrogens with one attached hydrogen (secondary N) is 1. The van der Waals surface area contributed by atoms with Crippen LogP contribution in [0.1, 0.15) is 51.2 Å². The minimum absolute atomic E-state index is 0.0584. The van der Waals surface area contributed by atoms with Crippen LogP contribution in [0.25, 0.3) is 0 Å². The first kappa shape index (κ1) is 18.7. The number of amides is 1. The molecule has 2 N–H and O–H groups in total. The molecule has 1 aromatic rings. The Hall–Kier alpha value is -1.59. The molecule has 1 aliphatic heterocycles. The number of hydrogen-bond acceptors (Lipinski definition) is 4. The summed E-state index contributed by atoms with van der Waals surface area (Å²) in [5, 5.41) is 12.6. The van der Waals surface area contributed by atoms with E-state index in [2.05, 4.69) is 5.32 Å². The van der Waals surface area contributed by atoms with Gasteiger partial charge in [-0.3, -0.25) is 0 Å². The van der Waals surface area contributed by atoms with Gasteiger partial charge in [0.1, 0.15) is 5.60 Å². The van der Waals surface area contributed by atoms with Crippen molar-refractivity contribution in [3.05, 3.63) is 35.4 Å². The van der Waals surface area contributed by atoms with E-state index in [-0.39, 0.29) is 18.7 Å². The maximum Gasteiger partial charge on any atom is 0.410 e. The lowest BCUT2D eigenvalue weighted by molar-refractivity contribution is 0.00993. The summed E-state index contributed by atoms with van der Waals surface area (Å²) < 4.78 is 5.53. The Morgan fingerprint density at radius 3 is 2.79 bits per heavy atom. The van der Waals surface area contributed by atoms with Gasteiger partial charge >= 0.3 is 6.09 Å². The highest BCUT2D eigenvalue weighted by molar-refractivity contribution is 5.68. The molecule has 1 unspecified atom stereocenters. The maximum atomic E-state index is 12.4. The lowest BCUT2D eigenvalue weighted by atomic mass is 10.0. The molecule has 1 atom stereocenters. The SMILES string of the molecule is CC(C)(C)OC(=O)N1CCCCC1CNCc1cccc(CO)c1. The Morgan fingerprint density at radius 2 is 2.08 bits per heavy atom. The molecular formula is C19H30N2O3. The number of rotatable bonds is 5. The summed E-state index contributed by atoms with van der Waals surface area (Å²) in [7, 11) is 0. The highest BCUT2D eigenvalue weighted by Gasteiger charge is 2.30. The van der Waals surface area contributed by atoms with Crippen LogP contribution in [0.15, 0.2) is 24.3 Å². The van der Waals surface area contributed by atoms with Crippen LogP contribution in [0, 0.1) is 0 Å². The number of piperidine rings is 1. The van der Waals surface area contributed by atoms with Crippen molar-refractivity contribution >= 4 is 6.09 Å². The molecule has 2 rings (SSSR count). The van der Waals surface area contributed by atoms with Gasteiger partial charge in [0, 0.05) is 25.7 Å². The third-order valence-electron chi connectivity index (χ3n) is 4.14. The molecule has 0 aromatic heterocycles. The van der Waals surface area contributed by atoms with Gasteiger partial charge in [0.15, 0.2) is 0 Å².